The van der Waals surface area contributed by atoms with Crippen LogP contribution in [-0.2, 0) is 9.53 Å². The van der Waals surface area contributed by atoms with E-state index in [9.17, 15) is 30.3 Å². The van der Waals surface area contributed by atoms with Gasteiger partial charge in [0.15, 0.2) is 0 Å². The molecule has 0 amide bonds. The van der Waals surface area contributed by atoms with Gasteiger partial charge in [-0.15, -0.1) is 12.4 Å². The molecule has 5 aliphatic rings. The predicted octanol–water partition coefficient (Wildman–Crippen LogP) is 1.02. The third-order valence-electron chi connectivity index (χ3n) is 8.42. The molecular formula is C23H40ClNO7. The van der Waals surface area contributed by atoms with Crippen LogP contribution in [0.25, 0.3) is 0 Å². The van der Waals surface area contributed by atoms with E-state index in [2.05, 4.69) is 0 Å². The lowest BCUT2D eigenvalue weighted by molar-refractivity contribution is -0.188. The van der Waals surface area contributed by atoms with Gasteiger partial charge in [0.2, 0.25) is 0 Å². The number of aliphatic hydroxyl groups excluding tert-OH is 4. The standard InChI is InChI=1S/C23H39NO7.ClH/c25-12-17-19(26)21(28)20(27)18(22(29)30)24(17)4-2-1-3-5-31-13-23-9-14-6-15(10-23)8-16(7-14)11-23;/h14-21,25-28H,1-13H2,(H,29,30);1H/t14?,15?,16?,17-,18+,19-,20+,21+,23?;/m1./s1. The lowest BCUT2D eigenvalue weighted by Crippen LogP contribution is -2.69. The normalized spacial score (nSPS) is 43.2. The van der Waals surface area contributed by atoms with Crippen molar-refractivity contribution in [2.24, 2.45) is 23.2 Å². The van der Waals surface area contributed by atoms with Crippen molar-refractivity contribution in [1.82, 2.24) is 4.90 Å². The SMILES string of the molecule is Cl.O=C(O)[C@@H]1[C@H](O)[C@@H](O)[C@H](O)[C@@H](CO)N1CCCCCOCC12CC3CC(CC(C3)C1)C2. The molecule has 5 fully saturated rings. The first-order valence-electron chi connectivity index (χ1n) is 12.0. The second-order valence-corrected chi connectivity index (χ2v) is 10.8. The van der Waals surface area contributed by atoms with E-state index in [-0.39, 0.29) is 12.4 Å². The Balaban J connectivity index is 0.00000289. The Hall–Kier alpha value is -0.480. The minimum absolute atomic E-state index is 0. The van der Waals surface area contributed by atoms with Crippen LogP contribution in [0.3, 0.4) is 0 Å². The maximum atomic E-state index is 11.6. The third kappa shape index (κ3) is 5.27. The minimum atomic E-state index is -1.60. The van der Waals surface area contributed by atoms with Gasteiger partial charge in [0, 0.05) is 6.61 Å². The van der Waals surface area contributed by atoms with Crippen molar-refractivity contribution in [2.75, 3.05) is 26.4 Å². The molecule has 0 unspecified atom stereocenters. The Labute approximate surface area is 196 Å². The second-order valence-electron chi connectivity index (χ2n) is 10.8. The predicted molar refractivity (Wildman–Crippen MR) is 120 cm³/mol. The molecule has 0 aromatic rings. The molecule has 5 N–H and O–H groups in total. The van der Waals surface area contributed by atoms with Crippen LogP contribution in [0, 0.1) is 23.2 Å². The van der Waals surface area contributed by atoms with Gasteiger partial charge >= 0.3 is 5.97 Å². The molecule has 32 heavy (non-hydrogen) atoms. The van der Waals surface area contributed by atoms with Gasteiger partial charge in [0.25, 0.3) is 0 Å². The largest absolute Gasteiger partial charge is 0.480 e. The van der Waals surface area contributed by atoms with Crippen LogP contribution in [0.5, 0.6) is 0 Å². The molecule has 4 bridgehead atoms. The summed E-state index contributed by atoms with van der Waals surface area (Å²) in [6.07, 6.45) is 6.09. The summed E-state index contributed by atoms with van der Waals surface area (Å²) in [6.45, 7) is 1.39. The van der Waals surface area contributed by atoms with Crippen molar-refractivity contribution in [3.05, 3.63) is 0 Å². The number of ether oxygens (including phenoxy) is 1. The van der Waals surface area contributed by atoms with E-state index in [0.29, 0.717) is 25.0 Å². The van der Waals surface area contributed by atoms with Crippen molar-refractivity contribution >= 4 is 18.4 Å². The Bertz CT molecular complexity index is 600. The van der Waals surface area contributed by atoms with Crippen molar-refractivity contribution in [1.29, 1.82) is 0 Å². The number of unbranched alkanes of at least 4 members (excludes halogenated alkanes) is 2. The van der Waals surface area contributed by atoms with Crippen LogP contribution >= 0.6 is 12.4 Å². The molecule has 0 spiro atoms. The van der Waals surface area contributed by atoms with Crippen LogP contribution in [0.4, 0.5) is 0 Å². The highest BCUT2D eigenvalue weighted by molar-refractivity contribution is 5.85. The lowest BCUT2D eigenvalue weighted by Gasteiger charge is -2.56. The van der Waals surface area contributed by atoms with Gasteiger partial charge in [-0.25, -0.2) is 0 Å². The number of carbonyl (C=O) groups is 1. The number of hydrogen-bond donors (Lipinski definition) is 5. The minimum Gasteiger partial charge on any atom is -0.480 e. The number of carboxylic acids is 1. The Kier molecular flexibility index (Phi) is 8.86. The first-order chi connectivity index (χ1) is 14.8. The van der Waals surface area contributed by atoms with E-state index < -0.39 is 43.0 Å². The lowest BCUT2D eigenvalue weighted by atomic mass is 9.50. The van der Waals surface area contributed by atoms with Gasteiger partial charge in [-0.05, 0) is 87.5 Å². The first kappa shape index (κ1) is 26.1. The topological polar surface area (TPSA) is 131 Å². The molecule has 1 heterocycles. The maximum absolute atomic E-state index is 11.6. The van der Waals surface area contributed by atoms with Crippen LogP contribution in [0.15, 0.2) is 0 Å². The van der Waals surface area contributed by atoms with Crippen LogP contribution in [0.1, 0.15) is 57.8 Å². The Morgan fingerprint density at radius 3 is 2.03 bits per heavy atom. The Morgan fingerprint density at radius 2 is 1.50 bits per heavy atom. The summed E-state index contributed by atoms with van der Waals surface area (Å²) >= 11 is 0. The molecule has 4 saturated carbocycles. The van der Waals surface area contributed by atoms with E-state index >= 15 is 0 Å². The summed E-state index contributed by atoms with van der Waals surface area (Å²) in [7, 11) is 0. The zero-order valence-corrected chi connectivity index (χ0v) is 19.5. The summed E-state index contributed by atoms with van der Waals surface area (Å²) in [5.41, 5.74) is 0.415. The molecule has 0 aromatic heterocycles. The van der Waals surface area contributed by atoms with Gasteiger partial charge in [0.05, 0.1) is 19.3 Å². The van der Waals surface area contributed by atoms with E-state index in [4.69, 9.17) is 4.74 Å². The Morgan fingerprint density at radius 1 is 0.906 bits per heavy atom. The van der Waals surface area contributed by atoms with Crippen molar-refractivity contribution in [2.45, 2.75) is 88.2 Å². The highest BCUT2D eigenvalue weighted by atomic mass is 35.5. The molecule has 4 aliphatic carbocycles. The number of aliphatic carboxylic acids is 1. The summed E-state index contributed by atoms with van der Waals surface area (Å²) < 4.78 is 6.10. The van der Waals surface area contributed by atoms with Gasteiger partial charge in [-0.2, -0.15) is 0 Å². The summed E-state index contributed by atoms with van der Waals surface area (Å²) in [4.78, 5) is 13.0. The van der Waals surface area contributed by atoms with Gasteiger partial charge < -0.3 is 30.3 Å². The zero-order valence-electron chi connectivity index (χ0n) is 18.7. The monoisotopic (exact) mass is 477 g/mol. The molecular weight excluding hydrogens is 438 g/mol. The molecule has 5 atom stereocenters. The highest BCUT2D eigenvalue weighted by Crippen LogP contribution is 2.60. The molecule has 9 heteroatoms. The van der Waals surface area contributed by atoms with E-state index in [1.807, 2.05) is 0 Å². The smallest absolute Gasteiger partial charge is 0.323 e. The van der Waals surface area contributed by atoms with Gasteiger partial charge in [-0.1, -0.05) is 0 Å². The number of aliphatic hydroxyl groups is 4. The number of rotatable bonds is 10. The number of likely N-dealkylation sites (tertiary alicyclic amines) is 1. The number of halogens is 1. The average Bonchev–Trinajstić information content (AvgIpc) is 2.70. The number of carboxylic acid groups (broad SMARTS) is 1. The fourth-order valence-corrected chi connectivity index (χ4v) is 7.45. The third-order valence-corrected chi connectivity index (χ3v) is 8.42. The maximum Gasteiger partial charge on any atom is 0.323 e. The summed E-state index contributed by atoms with van der Waals surface area (Å²) in [6, 6.07) is -2.25. The quantitative estimate of drug-likeness (QED) is 0.295. The van der Waals surface area contributed by atoms with E-state index in [1.54, 1.807) is 0 Å². The van der Waals surface area contributed by atoms with Crippen molar-refractivity contribution in [3.8, 4) is 0 Å². The number of nitrogens with zero attached hydrogens (tertiary/aromatic N) is 1. The van der Waals surface area contributed by atoms with Crippen LogP contribution in [0.2, 0.25) is 0 Å². The van der Waals surface area contributed by atoms with Gasteiger partial charge in [-0.3, -0.25) is 9.69 Å². The fraction of sp³-hybridized carbons (Fsp3) is 0.957. The van der Waals surface area contributed by atoms with E-state index in [0.717, 1.165) is 37.2 Å². The fourth-order valence-electron chi connectivity index (χ4n) is 7.45. The number of hydrogen-bond acceptors (Lipinski definition) is 7. The summed E-state index contributed by atoms with van der Waals surface area (Å²) in [5.74, 6) is 1.50. The number of piperidine rings is 1. The van der Waals surface area contributed by atoms with Gasteiger partial charge in [0.1, 0.15) is 24.4 Å². The molecule has 1 saturated heterocycles. The van der Waals surface area contributed by atoms with E-state index in [1.165, 1.54) is 43.4 Å². The zero-order chi connectivity index (χ0) is 22.2. The van der Waals surface area contributed by atoms with Crippen LogP contribution in [-0.4, -0.2) is 93.2 Å². The molecule has 5 rings (SSSR count). The molecule has 0 aromatic carbocycles. The first-order valence-corrected chi connectivity index (χ1v) is 12.0. The molecule has 0 radical (unpaired) electrons. The van der Waals surface area contributed by atoms with Crippen molar-refractivity contribution in [3.63, 3.8) is 0 Å². The van der Waals surface area contributed by atoms with Crippen LogP contribution < -0.4 is 0 Å². The van der Waals surface area contributed by atoms with Crippen molar-refractivity contribution < 1.29 is 35.1 Å². The molecule has 1 aliphatic heterocycles. The highest BCUT2D eigenvalue weighted by Gasteiger charge is 2.51. The molecule has 186 valence electrons. The molecule has 8 nitrogen and oxygen atoms in total. The average molecular weight is 478 g/mol. The second kappa shape index (κ2) is 10.8. The summed E-state index contributed by atoms with van der Waals surface area (Å²) in [5, 5.41) is 49.3.